The van der Waals surface area contributed by atoms with Gasteiger partial charge < -0.3 is 17.3 Å². The fraction of sp³-hybridized carbons (Fsp3) is 0.0588. The number of benzene rings is 1. The summed E-state index contributed by atoms with van der Waals surface area (Å²) in [5.74, 6) is 6.40. The second kappa shape index (κ2) is 5.45. The average molecular weight is 332 g/mol. The number of nitrogens with two attached hydrogens (primary N) is 3. The van der Waals surface area contributed by atoms with Gasteiger partial charge in [-0.15, -0.1) is 0 Å². The topological polar surface area (TPSA) is 145 Å². The summed E-state index contributed by atoms with van der Waals surface area (Å²) in [5.41, 5.74) is 16.3. The van der Waals surface area contributed by atoms with Crippen LogP contribution in [0.2, 0.25) is 0 Å². The van der Waals surface area contributed by atoms with Gasteiger partial charge in [-0.25, -0.2) is 4.98 Å². The van der Waals surface area contributed by atoms with Crippen LogP contribution in [-0.4, -0.2) is 25.9 Å². The molecular weight excluding hydrogens is 316 g/mol. The Labute approximate surface area is 142 Å². The first-order valence-corrected chi connectivity index (χ1v) is 7.64. The highest BCUT2D eigenvalue weighted by Crippen LogP contribution is 2.30. The highest BCUT2D eigenvalue weighted by atomic mass is 15.2. The van der Waals surface area contributed by atoms with Crippen LogP contribution in [0.5, 0.6) is 0 Å². The lowest BCUT2D eigenvalue weighted by Crippen LogP contribution is -2.10. The van der Waals surface area contributed by atoms with Gasteiger partial charge in [0.1, 0.15) is 11.6 Å². The summed E-state index contributed by atoms with van der Waals surface area (Å²) in [5, 5.41) is 12.1. The van der Waals surface area contributed by atoms with Gasteiger partial charge in [0, 0.05) is 22.2 Å². The number of hydrogen-bond donors (Lipinski definition) is 4. The molecule has 4 rings (SSSR count). The number of fused-ring (bicyclic) bond motifs is 3. The van der Waals surface area contributed by atoms with Gasteiger partial charge in [-0.1, -0.05) is 30.3 Å². The summed E-state index contributed by atoms with van der Waals surface area (Å²) in [7, 11) is 0. The summed E-state index contributed by atoms with van der Waals surface area (Å²) < 4.78 is 0. The van der Waals surface area contributed by atoms with Gasteiger partial charge in [-0.05, 0) is 13.0 Å². The number of hydrogen-bond acceptors (Lipinski definition) is 7. The van der Waals surface area contributed by atoms with E-state index in [1.54, 1.807) is 0 Å². The zero-order valence-electron chi connectivity index (χ0n) is 13.5. The third-order valence-corrected chi connectivity index (χ3v) is 4.16. The second-order valence-electron chi connectivity index (χ2n) is 5.69. The van der Waals surface area contributed by atoms with Crippen LogP contribution in [0.25, 0.3) is 21.9 Å². The minimum atomic E-state index is 0.326. The molecular formula is C17H16N8. The molecule has 25 heavy (non-hydrogen) atoms. The summed E-state index contributed by atoms with van der Waals surface area (Å²) in [6, 6.07) is 11.6. The van der Waals surface area contributed by atoms with Crippen molar-refractivity contribution in [2.75, 3.05) is 11.5 Å². The number of hydrazone groups is 1. The highest BCUT2D eigenvalue weighted by molar-refractivity contribution is 6.17. The van der Waals surface area contributed by atoms with Crippen LogP contribution in [-0.2, 0) is 0 Å². The first kappa shape index (κ1) is 14.9. The van der Waals surface area contributed by atoms with Crippen LogP contribution in [0.4, 0.5) is 11.6 Å². The third kappa shape index (κ3) is 2.23. The average Bonchev–Trinajstić information content (AvgIpc) is 2.98. The van der Waals surface area contributed by atoms with Crippen molar-refractivity contribution < 1.29 is 0 Å². The van der Waals surface area contributed by atoms with Gasteiger partial charge in [0.25, 0.3) is 0 Å². The van der Waals surface area contributed by atoms with Crippen LogP contribution in [0, 0.1) is 6.92 Å². The molecule has 3 heterocycles. The Bertz CT molecular complexity index is 1130. The van der Waals surface area contributed by atoms with Gasteiger partial charge in [-0.2, -0.15) is 10.2 Å². The largest absolute Gasteiger partial charge is 0.383 e. The molecule has 0 bridgehead atoms. The number of pyridine rings is 2. The predicted molar refractivity (Wildman–Crippen MR) is 99.0 cm³/mol. The molecule has 0 saturated carbocycles. The van der Waals surface area contributed by atoms with Crippen molar-refractivity contribution in [2.45, 2.75) is 6.92 Å². The quantitative estimate of drug-likeness (QED) is 0.250. The Kier molecular flexibility index (Phi) is 3.24. The lowest BCUT2D eigenvalue weighted by Gasteiger charge is -2.11. The van der Waals surface area contributed by atoms with E-state index in [1.165, 1.54) is 0 Å². The third-order valence-electron chi connectivity index (χ3n) is 4.16. The van der Waals surface area contributed by atoms with Crippen molar-refractivity contribution in [2.24, 2.45) is 10.9 Å². The fourth-order valence-corrected chi connectivity index (χ4v) is 2.96. The highest BCUT2D eigenvalue weighted by Gasteiger charge is 2.18. The van der Waals surface area contributed by atoms with Gasteiger partial charge in [-0.3, -0.25) is 10.1 Å². The molecule has 3 aromatic heterocycles. The van der Waals surface area contributed by atoms with E-state index in [4.69, 9.17) is 22.3 Å². The van der Waals surface area contributed by atoms with E-state index in [0.717, 1.165) is 16.8 Å². The smallest absolute Gasteiger partial charge is 0.187 e. The van der Waals surface area contributed by atoms with E-state index in [-0.39, 0.29) is 0 Å². The number of aryl methyl sites for hydroxylation is 1. The Balaban J connectivity index is 2.04. The van der Waals surface area contributed by atoms with Crippen LogP contribution in [0.15, 0.2) is 41.5 Å². The van der Waals surface area contributed by atoms with Gasteiger partial charge >= 0.3 is 0 Å². The number of nitrogen functional groups attached to an aromatic ring is 2. The molecule has 0 fully saturated rings. The van der Waals surface area contributed by atoms with Crippen molar-refractivity contribution in [3.8, 4) is 0 Å². The molecule has 0 amide bonds. The molecule has 0 aliphatic heterocycles. The lowest BCUT2D eigenvalue weighted by atomic mass is 9.99. The maximum absolute atomic E-state index is 6.11. The Morgan fingerprint density at radius 3 is 2.60 bits per heavy atom. The van der Waals surface area contributed by atoms with Crippen LogP contribution >= 0.6 is 0 Å². The summed E-state index contributed by atoms with van der Waals surface area (Å²) in [6.45, 7) is 1.89. The number of anilines is 2. The molecule has 1 aromatic carbocycles. The standard InChI is InChI=1S/C17H16N8/c1-8-10(13(23-20)9-5-3-2-4-6-9)7-11-14(21-8)12-16(19)24-25-17(12)22-15(11)18/h2-7H,20H2,1H3,(H5,18,19,22,24,25)/b23-13+. The molecule has 0 saturated heterocycles. The zero-order valence-corrected chi connectivity index (χ0v) is 13.5. The molecule has 4 aromatic rings. The predicted octanol–water partition coefficient (Wildman–Crippen LogP) is 1.69. The minimum Gasteiger partial charge on any atom is -0.383 e. The van der Waals surface area contributed by atoms with Crippen molar-refractivity contribution in [3.63, 3.8) is 0 Å². The van der Waals surface area contributed by atoms with Crippen LogP contribution in [0.3, 0.4) is 0 Å². The second-order valence-corrected chi connectivity index (χ2v) is 5.69. The Morgan fingerprint density at radius 1 is 1.12 bits per heavy atom. The van der Waals surface area contributed by atoms with E-state index < -0.39 is 0 Å². The molecule has 0 radical (unpaired) electrons. The normalized spacial score (nSPS) is 12.1. The van der Waals surface area contributed by atoms with Crippen molar-refractivity contribution in [1.29, 1.82) is 0 Å². The Morgan fingerprint density at radius 2 is 1.88 bits per heavy atom. The number of nitrogens with zero attached hydrogens (tertiary/aromatic N) is 4. The number of aromatic amines is 1. The lowest BCUT2D eigenvalue weighted by molar-refractivity contribution is 1.11. The van der Waals surface area contributed by atoms with Gasteiger partial charge in [0.05, 0.1) is 16.6 Å². The number of rotatable bonds is 2. The first-order valence-electron chi connectivity index (χ1n) is 7.64. The van der Waals surface area contributed by atoms with Crippen LogP contribution < -0.4 is 17.3 Å². The molecule has 0 unspecified atom stereocenters. The molecule has 7 N–H and O–H groups in total. The zero-order chi connectivity index (χ0) is 17.6. The van der Waals surface area contributed by atoms with E-state index in [9.17, 15) is 0 Å². The summed E-state index contributed by atoms with van der Waals surface area (Å²) >= 11 is 0. The minimum absolute atomic E-state index is 0.326. The number of aromatic nitrogens is 4. The van der Waals surface area contributed by atoms with Crippen molar-refractivity contribution in [1.82, 2.24) is 20.2 Å². The molecule has 0 aliphatic carbocycles. The molecule has 124 valence electrons. The van der Waals surface area contributed by atoms with Crippen LogP contribution in [0.1, 0.15) is 16.8 Å². The molecule has 0 atom stereocenters. The van der Waals surface area contributed by atoms with Crippen molar-refractivity contribution in [3.05, 3.63) is 53.2 Å². The Hall–Kier alpha value is -3.68. The van der Waals surface area contributed by atoms with Gasteiger partial charge in [0.15, 0.2) is 5.65 Å². The maximum atomic E-state index is 6.11. The van der Waals surface area contributed by atoms with E-state index >= 15 is 0 Å². The molecule has 8 nitrogen and oxygen atoms in total. The molecule has 0 aliphatic rings. The maximum Gasteiger partial charge on any atom is 0.187 e. The van der Waals surface area contributed by atoms with E-state index in [1.807, 2.05) is 43.3 Å². The SMILES string of the molecule is Cc1nc2c(cc1/C(=N/N)c1ccccc1)c(N)nc1n[nH]c(N)c12. The number of H-pyrrole nitrogens is 1. The molecule has 8 heteroatoms. The fourth-order valence-electron chi connectivity index (χ4n) is 2.96. The van der Waals surface area contributed by atoms with E-state index in [0.29, 0.717) is 39.3 Å². The summed E-state index contributed by atoms with van der Waals surface area (Å²) in [4.78, 5) is 8.99. The monoisotopic (exact) mass is 332 g/mol. The number of nitrogens with one attached hydrogen (secondary N) is 1. The molecule has 0 spiro atoms. The van der Waals surface area contributed by atoms with Crippen molar-refractivity contribution >= 4 is 39.3 Å². The van der Waals surface area contributed by atoms with E-state index in [2.05, 4.69) is 20.3 Å². The summed E-state index contributed by atoms with van der Waals surface area (Å²) in [6.07, 6.45) is 0. The van der Waals surface area contributed by atoms with Gasteiger partial charge in [0.2, 0.25) is 0 Å². The first-order chi connectivity index (χ1) is 12.1.